The molecule has 0 amide bonds. The van der Waals surface area contributed by atoms with Crippen molar-refractivity contribution in [1.82, 2.24) is 9.97 Å². The molecule has 4 aromatic carbocycles. The van der Waals surface area contributed by atoms with Crippen LogP contribution in [0.1, 0.15) is 22.3 Å². The van der Waals surface area contributed by atoms with Gasteiger partial charge in [-0.05, 0) is 85.6 Å². The predicted molar refractivity (Wildman–Crippen MR) is 147 cm³/mol. The lowest BCUT2D eigenvalue weighted by Gasteiger charge is -2.04. The molecule has 182 valence electrons. The summed E-state index contributed by atoms with van der Waals surface area (Å²) in [6, 6.07) is 25.6. The van der Waals surface area contributed by atoms with Crippen molar-refractivity contribution >= 4 is 21.8 Å². The highest BCUT2D eigenvalue weighted by atomic mass is 16.4. The van der Waals surface area contributed by atoms with E-state index in [0.29, 0.717) is 32.9 Å². The summed E-state index contributed by atoms with van der Waals surface area (Å²) >= 11 is 0. The number of rotatable bonds is 2. The molecule has 6 aromatic rings. The van der Waals surface area contributed by atoms with Crippen LogP contribution in [0, 0.1) is 25.7 Å². The number of nitrogens with zero attached hydrogens (tertiary/aromatic N) is 2. The van der Waals surface area contributed by atoms with E-state index in [1.165, 1.54) is 0 Å². The van der Waals surface area contributed by atoms with E-state index in [-0.39, 0.29) is 11.8 Å². The standard InChI is InChI=1S/C32H20N2O4/c1-19-5-3-7-25-27(19)33-29(37-31(25)35)23-15-11-21(12-16-23)9-10-22-13-17-24(18-14-22)30-34-28-20(2)6-4-8-26(28)32(36)38-30/h3-8,11-18H,1-2H3. The normalized spacial score (nSPS) is 10.9. The fourth-order valence-electron chi connectivity index (χ4n) is 4.26. The van der Waals surface area contributed by atoms with E-state index in [9.17, 15) is 9.59 Å². The molecule has 0 aliphatic heterocycles. The molecule has 6 nitrogen and oxygen atoms in total. The van der Waals surface area contributed by atoms with Gasteiger partial charge in [0.25, 0.3) is 0 Å². The van der Waals surface area contributed by atoms with Crippen molar-refractivity contribution in [3.05, 3.63) is 128 Å². The molecule has 0 saturated heterocycles. The quantitative estimate of drug-likeness (QED) is 0.272. The topological polar surface area (TPSA) is 86.2 Å². The number of aromatic nitrogens is 2. The summed E-state index contributed by atoms with van der Waals surface area (Å²) in [5, 5.41) is 0.937. The first kappa shape index (κ1) is 23.1. The van der Waals surface area contributed by atoms with Gasteiger partial charge in [-0.25, -0.2) is 19.6 Å². The fraction of sp³-hybridized carbons (Fsp3) is 0.0625. The van der Waals surface area contributed by atoms with E-state index in [2.05, 4.69) is 21.8 Å². The Morgan fingerprint density at radius 3 is 1.34 bits per heavy atom. The van der Waals surface area contributed by atoms with Crippen LogP contribution in [0.15, 0.2) is 103 Å². The van der Waals surface area contributed by atoms with E-state index in [4.69, 9.17) is 8.83 Å². The van der Waals surface area contributed by atoms with Crippen molar-refractivity contribution in [2.75, 3.05) is 0 Å². The first-order valence-electron chi connectivity index (χ1n) is 12.0. The van der Waals surface area contributed by atoms with Crippen LogP contribution in [-0.4, -0.2) is 9.97 Å². The molecule has 0 unspecified atom stereocenters. The molecule has 0 atom stereocenters. The van der Waals surface area contributed by atoms with Crippen molar-refractivity contribution in [2.45, 2.75) is 13.8 Å². The molecule has 0 bridgehead atoms. The molecule has 2 heterocycles. The monoisotopic (exact) mass is 496 g/mol. The van der Waals surface area contributed by atoms with Crippen LogP contribution in [0.2, 0.25) is 0 Å². The van der Waals surface area contributed by atoms with Gasteiger partial charge in [0, 0.05) is 22.3 Å². The molecular weight excluding hydrogens is 476 g/mol. The smallest absolute Gasteiger partial charge is 0.347 e. The van der Waals surface area contributed by atoms with E-state index < -0.39 is 11.3 Å². The van der Waals surface area contributed by atoms with Gasteiger partial charge >= 0.3 is 11.3 Å². The van der Waals surface area contributed by atoms with Gasteiger partial charge < -0.3 is 8.83 Å². The largest absolute Gasteiger partial charge is 0.403 e. The van der Waals surface area contributed by atoms with Crippen LogP contribution in [0.25, 0.3) is 44.7 Å². The van der Waals surface area contributed by atoms with Crippen LogP contribution >= 0.6 is 0 Å². The van der Waals surface area contributed by atoms with E-state index >= 15 is 0 Å². The van der Waals surface area contributed by atoms with Crippen molar-refractivity contribution in [2.24, 2.45) is 0 Å². The fourth-order valence-corrected chi connectivity index (χ4v) is 4.26. The Morgan fingerprint density at radius 2 is 0.947 bits per heavy atom. The molecule has 0 N–H and O–H groups in total. The highest BCUT2D eigenvalue weighted by Gasteiger charge is 2.11. The van der Waals surface area contributed by atoms with Crippen molar-refractivity contribution in [3.8, 4) is 34.7 Å². The van der Waals surface area contributed by atoms with Gasteiger partial charge in [-0.1, -0.05) is 36.1 Å². The summed E-state index contributed by atoms with van der Waals surface area (Å²) in [6.07, 6.45) is 0. The van der Waals surface area contributed by atoms with Gasteiger partial charge in [0.2, 0.25) is 11.8 Å². The predicted octanol–water partition coefficient (Wildman–Crippen LogP) is 6.04. The third-order valence-electron chi connectivity index (χ3n) is 6.34. The number of aryl methyl sites for hydroxylation is 2. The molecule has 0 fully saturated rings. The molecule has 0 saturated carbocycles. The Hall–Kier alpha value is -5.28. The van der Waals surface area contributed by atoms with Crippen LogP contribution in [0.5, 0.6) is 0 Å². The number of fused-ring (bicyclic) bond motifs is 2. The van der Waals surface area contributed by atoms with Crippen LogP contribution in [-0.2, 0) is 0 Å². The lowest BCUT2D eigenvalue weighted by atomic mass is 10.1. The van der Waals surface area contributed by atoms with Crippen molar-refractivity contribution in [3.63, 3.8) is 0 Å². The first-order chi connectivity index (χ1) is 18.5. The average molecular weight is 497 g/mol. The Morgan fingerprint density at radius 1 is 0.553 bits per heavy atom. The maximum atomic E-state index is 12.4. The minimum atomic E-state index is -0.408. The Bertz CT molecular complexity index is 1880. The van der Waals surface area contributed by atoms with Crippen LogP contribution in [0.3, 0.4) is 0 Å². The Balaban J connectivity index is 1.24. The van der Waals surface area contributed by atoms with Crippen molar-refractivity contribution < 1.29 is 8.83 Å². The summed E-state index contributed by atoms with van der Waals surface area (Å²) in [5.74, 6) is 6.82. The van der Waals surface area contributed by atoms with Crippen LogP contribution < -0.4 is 11.3 Å². The second kappa shape index (κ2) is 9.30. The third-order valence-corrected chi connectivity index (χ3v) is 6.34. The lowest BCUT2D eigenvalue weighted by molar-refractivity contribution is 0.518. The lowest BCUT2D eigenvalue weighted by Crippen LogP contribution is -2.03. The SMILES string of the molecule is Cc1cccc2c(=O)oc(-c3ccc(C#Cc4ccc(-c5nc6c(C)cccc6c(=O)o5)cc4)cc3)nc12. The van der Waals surface area contributed by atoms with E-state index in [0.717, 1.165) is 22.3 Å². The molecule has 0 spiro atoms. The maximum Gasteiger partial charge on any atom is 0.347 e. The number of para-hydroxylation sites is 2. The molecule has 6 rings (SSSR count). The first-order valence-corrected chi connectivity index (χ1v) is 12.0. The summed E-state index contributed by atoms with van der Waals surface area (Å²) in [5.41, 5.74) is 5.29. The van der Waals surface area contributed by atoms with Crippen LogP contribution in [0.4, 0.5) is 0 Å². The maximum absolute atomic E-state index is 12.4. The zero-order valence-electron chi connectivity index (χ0n) is 20.6. The third kappa shape index (κ3) is 4.27. The second-order valence-electron chi connectivity index (χ2n) is 8.96. The molecule has 2 aromatic heterocycles. The highest BCUT2D eigenvalue weighted by Crippen LogP contribution is 2.22. The zero-order chi connectivity index (χ0) is 26.2. The Kier molecular flexibility index (Phi) is 5.67. The van der Waals surface area contributed by atoms with Gasteiger partial charge in [0.1, 0.15) is 0 Å². The molecule has 6 heteroatoms. The van der Waals surface area contributed by atoms with Gasteiger partial charge in [0.05, 0.1) is 21.8 Å². The zero-order valence-corrected chi connectivity index (χ0v) is 20.6. The molecular formula is C32H20N2O4. The number of hydrogen-bond acceptors (Lipinski definition) is 6. The van der Waals surface area contributed by atoms with Gasteiger partial charge in [-0.3, -0.25) is 0 Å². The number of hydrogen-bond donors (Lipinski definition) is 0. The second-order valence-corrected chi connectivity index (χ2v) is 8.96. The summed E-state index contributed by atoms with van der Waals surface area (Å²) in [7, 11) is 0. The van der Waals surface area contributed by atoms with E-state index in [1.807, 2.05) is 86.6 Å². The molecule has 38 heavy (non-hydrogen) atoms. The Labute approximate surface area is 217 Å². The minimum Gasteiger partial charge on any atom is -0.403 e. The molecule has 0 aliphatic rings. The van der Waals surface area contributed by atoms with E-state index in [1.54, 1.807) is 12.1 Å². The summed E-state index contributed by atoms with van der Waals surface area (Å²) < 4.78 is 10.9. The number of benzene rings is 4. The minimum absolute atomic E-state index is 0.274. The average Bonchev–Trinajstić information content (AvgIpc) is 2.93. The molecule has 0 aliphatic carbocycles. The summed E-state index contributed by atoms with van der Waals surface area (Å²) in [6.45, 7) is 3.83. The van der Waals surface area contributed by atoms with Gasteiger partial charge in [-0.15, -0.1) is 0 Å². The van der Waals surface area contributed by atoms with Gasteiger partial charge in [-0.2, -0.15) is 0 Å². The highest BCUT2D eigenvalue weighted by molar-refractivity contribution is 5.82. The molecule has 0 radical (unpaired) electrons. The summed E-state index contributed by atoms with van der Waals surface area (Å²) in [4.78, 5) is 33.9. The van der Waals surface area contributed by atoms with Gasteiger partial charge in [0.15, 0.2) is 0 Å². The van der Waals surface area contributed by atoms with Crippen molar-refractivity contribution in [1.29, 1.82) is 0 Å².